The lowest BCUT2D eigenvalue weighted by molar-refractivity contribution is 0.0722. The lowest BCUT2D eigenvalue weighted by Gasteiger charge is -2.22. The van der Waals surface area contributed by atoms with E-state index < -0.39 is 5.95 Å². The molecule has 1 aromatic heterocycles. The largest absolute Gasteiger partial charge is 0.330 e. The molecule has 0 radical (unpaired) electrons. The molecule has 0 bridgehead atoms. The zero-order chi connectivity index (χ0) is 14.8. The van der Waals surface area contributed by atoms with Gasteiger partial charge in [-0.25, -0.2) is 4.98 Å². The number of amides is 1. The van der Waals surface area contributed by atoms with Gasteiger partial charge in [-0.3, -0.25) is 4.79 Å². The first kappa shape index (κ1) is 13.7. The number of carbonyl (C=O) groups is 1. The van der Waals surface area contributed by atoms with E-state index in [9.17, 15) is 9.18 Å². The average Bonchev–Trinajstić information content (AvgIpc) is 3.30. The first-order valence-corrected chi connectivity index (χ1v) is 7.12. The van der Waals surface area contributed by atoms with Crippen molar-refractivity contribution in [1.82, 2.24) is 9.88 Å². The summed E-state index contributed by atoms with van der Waals surface area (Å²) >= 11 is 0. The van der Waals surface area contributed by atoms with Crippen molar-refractivity contribution < 1.29 is 9.18 Å². The Labute approximate surface area is 123 Å². The molecule has 1 aromatic carbocycles. The van der Waals surface area contributed by atoms with Gasteiger partial charge >= 0.3 is 0 Å². The normalized spacial score (nSPS) is 14.0. The highest BCUT2D eigenvalue weighted by Crippen LogP contribution is 2.29. The molecule has 1 aliphatic rings. The first-order valence-electron chi connectivity index (χ1n) is 7.12. The quantitative estimate of drug-likeness (QED) is 0.807. The van der Waals surface area contributed by atoms with Crippen molar-refractivity contribution in [1.29, 1.82) is 0 Å². The smallest absolute Gasteiger partial charge is 0.273 e. The summed E-state index contributed by atoms with van der Waals surface area (Å²) in [6, 6.07) is 12.7. The predicted molar refractivity (Wildman–Crippen MR) is 78.3 cm³/mol. The number of benzene rings is 1. The van der Waals surface area contributed by atoms with Crippen molar-refractivity contribution in [3.05, 3.63) is 65.2 Å². The number of hydrogen-bond acceptors (Lipinski definition) is 2. The monoisotopic (exact) mass is 284 g/mol. The first-order chi connectivity index (χ1) is 10.1. The van der Waals surface area contributed by atoms with Crippen LogP contribution in [0, 0.1) is 12.9 Å². The zero-order valence-corrected chi connectivity index (χ0v) is 11.9. The van der Waals surface area contributed by atoms with Gasteiger partial charge in [0.25, 0.3) is 5.91 Å². The number of hydrogen-bond donors (Lipinski definition) is 0. The van der Waals surface area contributed by atoms with Crippen LogP contribution >= 0.6 is 0 Å². The molecule has 1 heterocycles. The van der Waals surface area contributed by atoms with Gasteiger partial charge < -0.3 is 4.90 Å². The Kier molecular flexibility index (Phi) is 3.69. The molecular weight excluding hydrogens is 267 g/mol. The van der Waals surface area contributed by atoms with Crippen LogP contribution < -0.4 is 0 Å². The maximum absolute atomic E-state index is 13.2. The summed E-state index contributed by atoms with van der Waals surface area (Å²) in [5.41, 5.74) is 2.45. The minimum atomic E-state index is -0.619. The second kappa shape index (κ2) is 5.64. The number of carbonyl (C=O) groups excluding carboxylic acids is 1. The molecule has 0 saturated heterocycles. The van der Waals surface area contributed by atoms with E-state index in [1.165, 1.54) is 17.7 Å². The summed E-state index contributed by atoms with van der Waals surface area (Å²) in [4.78, 5) is 18.0. The fourth-order valence-corrected chi connectivity index (χ4v) is 2.32. The number of rotatable bonds is 4. The summed E-state index contributed by atoms with van der Waals surface area (Å²) in [5.74, 6) is -0.815. The van der Waals surface area contributed by atoms with Gasteiger partial charge in [-0.05, 0) is 37.5 Å². The maximum atomic E-state index is 13.2. The van der Waals surface area contributed by atoms with Gasteiger partial charge in [-0.1, -0.05) is 35.9 Å². The van der Waals surface area contributed by atoms with Crippen molar-refractivity contribution in [2.24, 2.45) is 0 Å². The lowest BCUT2D eigenvalue weighted by Crippen LogP contribution is -2.33. The van der Waals surface area contributed by atoms with Gasteiger partial charge in [0.15, 0.2) is 0 Å². The van der Waals surface area contributed by atoms with Crippen LogP contribution in [0.15, 0.2) is 42.5 Å². The van der Waals surface area contributed by atoms with E-state index in [1.54, 1.807) is 11.0 Å². The molecule has 108 valence electrons. The topological polar surface area (TPSA) is 33.2 Å². The fourth-order valence-electron chi connectivity index (χ4n) is 2.32. The van der Waals surface area contributed by atoms with Gasteiger partial charge in [0.2, 0.25) is 5.95 Å². The minimum absolute atomic E-state index is 0.175. The van der Waals surface area contributed by atoms with Crippen LogP contribution in [0.4, 0.5) is 4.39 Å². The third kappa shape index (κ3) is 3.27. The standard InChI is InChI=1S/C17H17FN2O/c1-12-5-7-13(8-6-12)11-20(14-9-10-14)17(21)15-3-2-4-16(18)19-15/h2-8,14H,9-11H2,1H3. The van der Waals surface area contributed by atoms with Crippen LogP contribution in [0.1, 0.15) is 34.5 Å². The fraction of sp³-hybridized carbons (Fsp3) is 0.294. The van der Waals surface area contributed by atoms with Gasteiger partial charge in [0, 0.05) is 12.6 Å². The maximum Gasteiger partial charge on any atom is 0.273 e. The minimum Gasteiger partial charge on any atom is -0.330 e. The molecule has 1 saturated carbocycles. The lowest BCUT2D eigenvalue weighted by atomic mass is 10.1. The predicted octanol–water partition coefficient (Wildman–Crippen LogP) is 3.33. The summed E-state index contributed by atoms with van der Waals surface area (Å²) in [6.07, 6.45) is 2.01. The SMILES string of the molecule is Cc1ccc(CN(C(=O)c2cccc(F)n2)C2CC2)cc1. The van der Waals surface area contributed by atoms with E-state index in [0.717, 1.165) is 18.4 Å². The molecule has 3 nitrogen and oxygen atoms in total. The Morgan fingerprint density at radius 2 is 1.95 bits per heavy atom. The summed E-state index contributed by atoms with van der Waals surface area (Å²) in [5, 5.41) is 0. The second-order valence-electron chi connectivity index (χ2n) is 5.50. The van der Waals surface area contributed by atoms with E-state index in [2.05, 4.69) is 4.98 Å². The van der Waals surface area contributed by atoms with Crippen LogP contribution in [0.3, 0.4) is 0 Å². The number of halogens is 1. The Morgan fingerprint density at radius 1 is 1.24 bits per heavy atom. The van der Waals surface area contributed by atoms with Crippen molar-refractivity contribution in [3.63, 3.8) is 0 Å². The summed E-state index contributed by atoms with van der Waals surface area (Å²) in [6.45, 7) is 2.58. The van der Waals surface area contributed by atoms with Crippen LogP contribution in [-0.2, 0) is 6.54 Å². The van der Waals surface area contributed by atoms with E-state index in [1.807, 2.05) is 31.2 Å². The third-order valence-corrected chi connectivity index (χ3v) is 3.66. The van der Waals surface area contributed by atoms with Crippen LogP contribution in [0.5, 0.6) is 0 Å². The highest BCUT2D eigenvalue weighted by Gasteiger charge is 2.33. The van der Waals surface area contributed by atoms with Crippen molar-refractivity contribution in [3.8, 4) is 0 Å². The highest BCUT2D eigenvalue weighted by atomic mass is 19.1. The molecule has 3 rings (SSSR count). The summed E-state index contributed by atoms with van der Waals surface area (Å²) < 4.78 is 13.2. The molecule has 0 atom stereocenters. The van der Waals surface area contributed by atoms with Gasteiger partial charge in [-0.2, -0.15) is 4.39 Å². The van der Waals surface area contributed by atoms with Crippen molar-refractivity contribution in [2.75, 3.05) is 0 Å². The highest BCUT2D eigenvalue weighted by molar-refractivity contribution is 5.92. The Balaban J connectivity index is 1.81. The Morgan fingerprint density at radius 3 is 2.57 bits per heavy atom. The van der Waals surface area contributed by atoms with E-state index in [-0.39, 0.29) is 17.6 Å². The van der Waals surface area contributed by atoms with Crippen LogP contribution in [0.25, 0.3) is 0 Å². The third-order valence-electron chi connectivity index (χ3n) is 3.66. The molecule has 0 N–H and O–H groups in total. The molecular formula is C17H17FN2O. The summed E-state index contributed by atoms with van der Waals surface area (Å²) in [7, 11) is 0. The molecule has 0 unspecified atom stereocenters. The molecule has 1 fully saturated rings. The molecule has 0 spiro atoms. The molecule has 0 aliphatic heterocycles. The van der Waals surface area contributed by atoms with Crippen LogP contribution in [-0.4, -0.2) is 21.8 Å². The number of aryl methyl sites for hydroxylation is 1. The average molecular weight is 284 g/mol. The van der Waals surface area contributed by atoms with Crippen molar-refractivity contribution in [2.45, 2.75) is 32.4 Å². The molecule has 21 heavy (non-hydrogen) atoms. The second-order valence-corrected chi connectivity index (χ2v) is 5.50. The molecule has 4 heteroatoms. The molecule has 1 aliphatic carbocycles. The van der Waals surface area contributed by atoms with Gasteiger partial charge in [0.05, 0.1) is 0 Å². The number of aromatic nitrogens is 1. The molecule has 2 aromatic rings. The van der Waals surface area contributed by atoms with Gasteiger partial charge in [-0.15, -0.1) is 0 Å². The number of pyridine rings is 1. The molecule has 1 amide bonds. The Hall–Kier alpha value is -2.23. The zero-order valence-electron chi connectivity index (χ0n) is 11.9. The van der Waals surface area contributed by atoms with E-state index in [4.69, 9.17) is 0 Å². The van der Waals surface area contributed by atoms with Crippen molar-refractivity contribution >= 4 is 5.91 Å². The Bertz CT molecular complexity index is 650. The van der Waals surface area contributed by atoms with E-state index >= 15 is 0 Å². The van der Waals surface area contributed by atoms with E-state index in [0.29, 0.717) is 6.54 Å². The number of nitrogens with zero attached hydrogens (tertiary/aromatic N) is 2. The van der Waals surface area contributed by atoms with Crippen LogP contribution in [0.2, 0.25) is 0 Å². The van der Waals surface area contributed by atoms with Gasteiger partial charge in [0.1, 0.15) is 5.69 Å².